The molecule has 0 unspecified atom stereocenters. The van der Waals surface area contributed by atoms with Gasteiger partial charge in [0.1, 0.15) is 11.5 Å². The lowest BCUT2D eigenvalue weighted by Crippen LogP contribution is -2.46. The van der Waals surface area contributed by atoms with E-state index in [1.807, 2.05) is 28.2 Å². The van der Waals surface area contributed by atoms with E-state index in [1.54, 1.807) is 23.3 Å². The van der Waals surface area contributed by atoms with E-state index in [1.165, 1.54) is 6.07 Å². The summed E-state index contributed by atoms with van der Waals surface area (Å²) in [5.41, 5.74) is 1.38. The maximum Gasteiger partial charge on any atom is 0.384 e. The third kappa shape index (κ3) is 3.77. The van der Waals surface area contributed by atoms with Gasteiger partial charge in [0.05, 0.1) is 33.9 Å². The van der Waals surface area contributed by atoms with Gasteiger partial charge in [-0.2, -0.15) is 5.32 Å². The predicted octanol–water partition coefficient (Wildman–Crippen LogP) is 1.03. The topological polar surface area (TPSA) is 87.8 Å². The van der Waals surface area contributed by atoms with Crippen molar-refractivity contribution in [1.29, 1.82) is 0 Å². The van der Waals surface area contributed by atoms with Crippen LogP contribution in [-0.2, 0) is 0 Å². The Labute approximate surface area is 124 Å². The summed E-state index contributed by atoms with van der Waals surface area (Å²) in [7, 11) is 7.25. The van der Waals surface area contributed by atoms with Crippen molar-refractivity contribution in [2.24, 2.45) is 0 Å². The molecule has 0 atom stereocenters. The van der Waals surface area contributed by atoms with Gasteiger partial charge in [-0.05, 0) is 13.8 Å². The molecular formula is C14H23N4O3+. The lowest BCUT2D eigenvalue weighted by Gasteiger charge is -2.15. The summed E-state index contributed by atoms with van der Waals surface area (Å²) >= 11 is 0. The van der Waals surface area contributed by atoms with Crippen LogP contribution in [0.25, 0.3) is 0 Å². The summed E-state index contributed by atoms with van der Waals surface area (Å²) in [6, 6.07) is 0.800. The number of phenolic OH excluding ortho intramolecular Hbond substituents is 2. The highest BCUT2D eigenvalue weighted by Crippen LogP contribution is 2.34. The Bertz CT molecular complexity index is 564. The zero-order valence-electron chi connectivity index (χ0n) is 13.3. The zero-order valence-corrected chi connectivity index (χ0v) is 13.3. The van der Waals surface area contributed by atoms with E-state index in [9.17, 15) is 15.0 Å². The van der Waals surface area contributed by atoms with Crippen molar-refractivity contribution >= 4 is 17.7 Å². The van der Waals surface area contributed by atoms with Crippen molar-refractivity contribution in [3.8, 4) is 11.5 Å². The Balaban J connectivity index is 3.03. The molecule has 21 heavy (non-hydrogen) atoms. The monoisotopic (exact) mass is 295 g/mol. The van der Waals surface area contributed by atoms with Crippen molar-refractivity contribution in [1.82, 2.24) is 10.2 Å². The quantitative estimate of drug-likeness (QED) is 0.354. The zero-order chi connectivity index (χ0) is 16.3. The van der Waals surface area contributed by atoms with Crippen molar-refractivity contribution in [3.63, 3.8) is 0 Å². The van der Waals surface area contributed by atoms with E-state index >= 15 is 0 Å². The van der Waals surface area contributed by atoms with Gasteiger partial charge in [0.25, 0.3) is 0 Å². The second-order valence-corrected chi connectivity index (χ2v) is 5.23. The van der Waals surface area contributed by atoms with E-state index < -0.39 is 6.03 Å². The number of anilines is 1. The highest BCUT2D eigenvalue weighted by Gasteiger charge is 2.19. The molecule has 0 aliphatic rings. The molecule has 0 aromatic heterocycles. The summed E-state index contributed by atoms with van der Waals surface area (Å²) in [6.45, 7) is 3.33. The van der Waals surface area contributed by atoms with Crippen molar-refractivity contribution in [2.45, 2.75) is 13.8 Å². The molecule has 1 aromatic rings. The molecule has 1 rings (SSSR count). The molecule has 0 bridgehead atoms. The van der Waals surface area contributed by atoms with Crippen molar-refractivity contribution in [3.05, 3.63) is 17.2 Å². The summed E-state index contributed by atoms with van der Waals surface area (Å²) in [5.74, 6) is 0.461. The summed E-state index contributed by atoms with van der Waals surface area (Å²) in [6.07, 6.45) is 0. The third-order valence-electron chi connectivity index (χ3n) is 3.10. The van der Waals surface area contributed by atoms with Crippen molar-refractivity contribution < 1.29 is 19.6 Å². The van der Waals surface area contributed by atoms with Gasteiger partial charge in [0.15, 0.2) is 0 Å². The molecule has 0 saturated heterocycles. The van der Waals surface area contributed by atoms with Gasteiger partial charge >= 0.3 is 12.0 Å². The molecule has 0 radical (unpaired) electrons. The van der Waals surface area contributed by atoms with E-state index in [-0.39, 0.29) is 11.5 Å². The van der Waals surface area contributed by atoms with E-state index in [0.717, 1.165) is 0 Å². The normalized spacial score (nSPS) is 10.0. The number of carbonyl (C=O) groups excluding carboxylic acids is 1. The van der Waals surface area contributed by atoms with Crippen LogP contribution >= 0.6 is 0 Å². The number of hydrogen-bond acceptors (Lipinski definition) is 3. The number of carbonyl (C=O) groups is 1. The Hall–Kier alpha value is -2.44. The number of nitrogens with zero attached hydrogens (tertiary/aromatic N) is 2. The van der Waals surface area contributed by atoms with Gasteiger partial charge in [-0.1, -0.05) is 0 Å². The lowest BCUT2D eigenvalue weighted by molar-refractivity contribution is -0.471. The molecule has 0 heterocycles. The van der Waals surface area contributed by atoms with E-state index in [0.29, 0.717) is 22.8 Å². The number of aromatic hydroxyl groups is 2. The Kier molecular flexibility index (Phi) is 5.02. The minimum Gasteiger partial charge on any atom is -0.507 e. The van der Waals surface area contributed by atoms with E-state index in [2.05, 4.69) is 10.6 Å². The summed E-state index contributed by atoms with van der Waals surface area (Å²) < 4.78 is 1.76. The molecule has 7 heteroatoms. The third-order valence-corrected chi connectivity index (χ3v) is 3.10. The molecule has 0 fully saturated rings. The molecule has 0 aliphatic heterocycles. The number of guanidine groups is 1. The van der Waals surface area contributed by atoms with Crippen LogP contribution in [0.2, 0.25) is 0 Å². The molecular weight excluding hydrogens is 272 g/mol. The molecule has 1 aromatic carbocycles. The number of phenols is 2. The minimum absolute atomic E-state index is 0.0715. The van der Waals surface area contributed by atoms with Crippen LogP contribution in [-0.4, -0.2) is 59.9 Å². The number of urea groups is 1. The van der Waals surface area contributed by atoms with Crippen LogP contribution in [0.4, 0.5) is 10.5 Å². The van der Waals surface area contributed by atoms with Crippen LogP contribution < -0.4 is 10.6 Å². The van der Waals surface area contributed by atoms with Crippen LogP contribution in [0, 0.1) is 13.8 Å². The average molecular weight is 295 g/mol. The average Bonchev–Trinajstić information content (AvgIpc) is 2.38. The van der Waals surface area contributed by atoms with E-state index in [4.69, 9.17) is 0 Å². The SMILES string of the molecule is Cc1c(O)cc(O)c(C)c1NC(=O)NC(N(C)C)=[N+](C)C. The van der Waals surface area contributed by atoms with Crippen molar-refractivity contribution in [2.75, 3.05) is 33.5 Å². The van der Waals surface area contributed by atoms with Crippen LogP contribution in [0.1, 0.15) is 11.1 Å². The standard InChI is InChI=1S/C14H22N4O3/c1-8-10(19)7-11(20)9(2)12(8)15-13(21)16-14(17(3)4)18(5)6/h7H,1-6H3,(H3,15,19,20,21)/p+1. The molecule has 2 amide bonds. The first-order valence-corrected chi connectivity index (χ1v) is 6.46. The van der Waals surface area contributed by atoms with Gasteiger partial charge in [-0.25, -0.2) is 4.79 Å². The fourth-order valence-electron chi connectivity index (χ4n) is 1.94. The molecule has 116 valence electrons. The van der Waals surface area contributed by atoms with Gasteiger partial charge in [0.2, 0.25) is 0 Å². The van der Waals surface area contributed by atoms with Crippen LogP contribution in [0.5, 0.6) is 11.5 Å². The summed E-state index contributed by atoms with van der Waals surface area (Å²) in [4.78, 5) is 13.9. The Morgan fingerprint density at radius 2 is 1.62 bits per heavy atom. The maximum atomic E-state index is 12.1. The smallest absolute Gasteiger partial charge is 0.384 e. The number of rotatable bonds is 1. The fraction of sp³-hybridized carbons (Fsp3) is 0.429. The largest absolute Gasteiger partial charge is 0.507 e. The van der Waals surface area contributed by atoms with Crippen LogP contribution in [0.3, 0.4) is 0 Å². The number of nitrogens with one attached hydrogen (secondary N) is 2. The van der Waals surface area contributed by atoms with Gasteiger partial charge < -0.3 is 10.2 Å². The molecule has 4 N–H and O–H groups in total. The molecule has 7 nitrogen and oxygen atoms in total. The lowest BCUT2D eigenvalue weighted by atomic mass is 10.1. The van der Waals surface area contributed by atoms with Gasteiger partial charge in [-0.3, -0.25) is 14.8 Å². The Morgan fingerprint density at radius 1 is 1.14 bits per heavy atom. The maximum absolute atomic E-state index is 12.1. The van der Waals surface area contributed by atoms with Gasteiger partial charge in [-0.15, -0.1) is 0 Å². The first-order chi connectivity index (χ1) is 9.65. The highest BCUT2D eigenvalue weighted by atomic mass is 16.3. The molecule has 0 spiro atoms. The summed E-state index contributed by atoms with van der Waals surface area (Å²) in [5, 5.41) is 24.8. The fourth-order valence-corrected chi connectivity index (χ4v) is 1.94. The van der Waals surface area contributed by atoms with Crippen LogP contribution in [0.15, 0.2) is 6.07 Å². The number of amides is 2. The second-order valence-electron chi connectivity index (χ2n) is 5.23. The first kappa shape index (κ1) is 16.6. The molecule has 0 aliphatic carbocycles. The predicted molar refractivity (Wildman–Crippen MR) is 82.2 cm³/mol. The van der Waals surface area contributed by atoms with Gasteiger partial charge in [0, 0.05) is 17.2 Å². The minimum atomic E-state index is -0.455. The Morgan fingerprint density at radius 3 is 2.00 bits per heavy atom. The number of hydrogen-bond donors (Lipinski definition) is 4. The molecule has 0 saturated carbocycles. The highest BCUT2D eigenvalue weighted by molar-refractivity contribution is 6.01. The number of benzene rings is 1. The second kappa shape index (κ2) is 6.34. The first-order valence-electron chi connectivity index (χ1n) is 6.46.